The summed E-state index contributed by atoms with van der Waals surface area (Å²) in [6, 6.07) is 13.0. The molecule has 2 N–H and O–H groups in total. The van der Waals surface area contributed by atoms with Crippen LogP contribution in [-0.4, -0.2) is 27.4 Å². The number of amides is 1. The Morgan fingerprint density at radius 2 is 2.17 bits per heavy atom. The molecule has 29 heavy (non-hydrogen) atoms. The maximum Gasteiger partial charge on any atom is 0.272 e. The fourth-order valence-corrected chi connectivity index (χ4v) is 3.34. The smallest absolute Gasteiger partial charge is 0.272 e. The predicted molar refractivity (Wildman–Crippen MR) is 103 cm³/mol. The molecule has 1 amide bonds. The fraction of sp³-hybridized carbons (Fsp3) is 0.190. The third-order valence-corrected chi connectivity index (χ3v) is 4.77. The Bertz CT molecular complexity index is 1160. The summed E-state index contributed by atoms with van der Waals surface area (Å²) in [5, 5.41) is 13.6. The van der Waals surface area contributed by atoms with Crippen molar-refractivity contribution < 1.29 is 18.5 Å². The number of rotatable bonds is 5. The van der Waals surface area contributed by atoms with E-state index in [2.05, 4.69) is 20.7 Å². The molecule has 0 bridgehead atoms. The second-order valence-corrected chi connectivity index (χ2v) is 6.96. The first-order chi connectivity index (χ1) is 14.2. The zero-order chi connectivity index (χ0) is 19.8. The average molecular weight is 390 g/mol. The van der Waals surface area contributed by atoms with Gasteiger partial charge >= 0.3 is 0 Å². The lowest BCUT2D eigenvalue weighted by Crippen LogP contribution is -2.23. The van der Waals surface area contributed by atoms with Crippen molar-refractivity contribution in [1.29, 1.82) is 0 Å². The molecule has 4 heterocycles. The maximum atomic E-state index is 12.3. The number of aromatic nitrogens is 3. The summed E-state index contributed by atoms with van der Waals surface area (Å²) in [6.07, 6.45) is 2.67. The average Bonchev–Trinajstić information content (AvgIpc) is 3.51. The number of aromatic amines is 1. The van der Waals surface area contributed by atoms with Gasteiger partial charge in [-0.15, -0.1) is 0 Å². The molecule has 8 heteroatoms. The molecule has 1 aliphatic rings. The number of carbonyl (C=O) groups is 1. The van der Waals surface area contributed by atoms with Gasteiger partial charge in [-0.3, -0.25) is 9.89 Å². The van der Waals surface area contributed by atoms with Gasteiger partial charge < -0.3 is 19.0 Å². The third kappa shape index (κ3) is 3.40. The van der Waals surface area contributed by atoms with Crippen molar-refractivity contribution in [3.63, 3.8) is 0 Å². The molecule has 1 aliphatic heterocycles. The van der Waals surface area contributed by atoms with Gasteiger partial charge in [-0.1, -0.05) is 17.3 Å². The van der Waals surface area contributed by atoms with Crippen LogP contribution in [0.4, 0.5) is 0 Å². The van der Waals surface area contributed by atoms with E-state index in [4.69, 9.17) is 13.7 Å². The summed E-state index contributed by atoms with van der Waals surface area (Å²) in [5.74, 6) is 1.81. The van der Waals surface area contributed by atoms with E-state index in [0.29, 0.717) is 22.9 Å². The Morgan fingerprint density at radius 1 is 1.24 bits per heavy atom. The molecule has 1 aromatic carbocycles. The van der Waals surface area contributed by atoms with Gasteiger partial charge in [0.25, 0.3) is 5.91 Å². The van der Waals surface area contributed by atoms with Gasteiger partial charge in [0.1, 0.15) is 23.2 Å². The molecule has 146 valence electrons. The van der Waals surface area contributed by atoms with E-state index >= 15 is 0 Å². The Labute approximate surface area is 165 Å². The molecule has 5 rings (SSSR count). The van der Waals surface area contributed by atoms with E-state index in [1.165, 1.54) is 5.56 Å². The van der Waals surface area contributed by atoms with E-state index < -0.39 is 0 Å². The van der Waals surface area contributed by atoms with Crippen molar-refractivity contribution in [1.82, 2.24) is 20.7 Å². The molecule has 0 saturated carbocycles. The van der Waals surface area contributed by atoms with Gasteiger partial charge in [-0.2, -0.15) is 5.10 Å². The third-order valence-electron chi connectivity index (χ3n) is 4.77. The van der Waals surface area contributed by atoms with Gasteiger partial charge in [-0.05, 0) is 30.7 Å². The fourth-order valence-electron chi connectivity index (χ4n) is 3.34. The minimum Gasteiger partial charge on any atom is -0.490 e. The van der Waals surface area contributed by atoms with Gasteiger partial charge in [0.15, 0.2) is 17.2 Å². The van der Waals surface area contributed by atoms with Gasteiger partial charge in [0, 0.05) is 24.1 Å². The highest BCUT2D eigenvalue weighted by Crippen LogP contribution is 2.33. The number of hydrogen-bond donors (Lipinski definition) is 2. The first-order valence-electron chi connectivity index (χ1n) is 9.29. The summed E-state index contributed by atoms with van der Waals surface area (Å²) >= 11 is 0. The number of nitrogens with zero attached hydrogens (tertiary/aromatic N) is 2. The van der Waals surface area contributed by atoms with Gasteiger partial charge in [0.2, 0.25) is 0 Å². The molecule has 1 unspecified atom stereocenters. The molecular weight excluding hydrogens is 372 g/mol. The highest BCUT2D eigenvalue weighted by atomic mass is 16.5. The van der Waals surface area contributed by atoms with Crippen molar-refractivity contribution in [2.24, 2.45) is 0 Å². The first-order valence-corrected chi connectivity index (χ1v) is 9.29. The highest BCUT2D eigenvalue weighted by Gasteiger charge is 2.20. The lowest BCUT2D eigenvalue weighted by molar-refractivity contribution is 0.0945. The molecule has 0 saturated heterocycles. The molecule has 0 fully saturated rings. The zero-order valence-electron chi connectivity index (χ0n) is 15.6. The number of H-pyrrole nitrogens is 1. The highest BCUT2D eigenvalue weighted by molar-refractivity contribution is 5.93. The van der Waals surface area contributed by atoms with Crippen molar-refractivity contribution in [3.8, 4) is 28.5 Å². The van der Waals surface area contributed by atoms with Crippen LogP contribution in [0.15, 0.2) is 57.7 Å². The Balaban J connectivity index is 1.24. The number of hydrogen-bond acceptors (Lipinski definition) is 6. The van der Waals surface area contributed by atoms with E-state index in [1.54, 1.807) is 30.5 Å². The second-order valence-electron chi connectivity index (χ2n) is 6.96. The van der Waals surface area contributed by atoms with Crippen LogP contribution in [0.1, 0.15) is 28.7 Å². The molecule has 0 spiro atoms. The summed E-state index contributed by atoms with van der Waals surface area (Å²) in [5.41, 5.74) is 3.60. The van der Waals surface area contributed by atoms with E-state index in [0.717, 1.165) is 17.7 Å². The van der Waals surface area contributed by atoms with Crippen molar-refractivity contribution in [2.75, 3.05) is 0 Å². The Hall–Kier alpha value is -3.81. The van der Waals surface area contributed by atoms with Gasteiger partial charge in [0.05, 0.1) is 12.8 Å². The number of benzene rings is 1. The molecule has 8 nitrogen and oxygen atoms in total. The van der Waals surface area contributed by atoms with Crippen LogP contribution in [0, 0.1) is 0 Å². The number of fused-ring (bicyclic) bond motifs is 1. The molecule has 3 aromatic heterocycles. The van der Waals surface area contributed by atoms with Crippen LogP contribution in [0.25, 0.3) is 22.8 Å². The molecule has 4 aromatic rings. The standard InChI is InChI=1S/C21H18N4O4/c1-12-7-13-4-5-14(8-19(13)28-12)20-9-15(25-29-20)11-22-21(26)17-10-16(23-24-17)18-3-2-6-27-18/h2-6,8-10,12H,7,11H2,1H3,(H,22,26)(H,23,24). The number of ether oxygens (including phenoxy) is 1. The monoisotopic (exact) mass is 390 g/mol. The lowest BCUT2D eigenvalue weighted by Gasteiger charge is -2.03. The van der Waals surface area contributed by atoms with Crippen LogP contribution < -0.4 is 10.1 Å². The topological polar surface area (TPSA) is 106 Å². The van der Waals surface area contributed by atoms with Crippen LogP contribution >= 0.6 is 0 Å². The minimum atomic E-state index is -0.316. The molecule has 0 radical (unpaired) electrons. The van der Waals surface area contributed by atoms with E-state index in [-0.39, 0.29) is 24.2 Å². The summed E-state index contributed by atoms with van der Waals surface area (Å²) in [6.45, 7) is 2.27. The second kappa shape index (κ2) is 6.97. The van der Waals surface area contributed by atoms with Crippen molar-refractivity contribution in [3.05, 3.63) is 65.7 Å². The summed E-state index contributed by atoms with van der Waals surface area (Å²) in [4.78, 5) is 12.3. The maximum absolute atomic E-state index is 12.3. The molecular formula is C21H18N4O4. The minimum absolute atomic E-state index is 0.191. The SMILES string of the molecule is CC1Cc2ccc(-c3cc(CNC(=O)c4cc(-c5ccco5)[nH]n4)no3)cc2O1. The number of nitrogens with one attached hydrogen (secondary N) is 2. The van der Waals surface area contributed by atoms with Crippen LogP contribution in [-0.2, 0) is 13.0 Å². The molecule has 0 aliphatic carbocycles. The van der Waals surface area contributed by atoms with Gasteiger partial charge in [-0.25, -0.2) is 0 Å². The predicted octanol–water partition coefficient (Wildman–Crippen LogP) is 3.58. The van der Waals surface area contributed by atoms with Crippen LogP contribution in [0.3, 0.4) is 0 Å². The van der Waals surface area contributed by atoms with Crippen molar-refractivity contribution >= 4 is 5.91 Å². The summed E-state index contributed by atoms with van der Waals surface area (Å²) in [7, 11) is 0. The normalized spacial score (nSPS) is 15.1. The van der Waals surface area contributed by atoms with Crippen LogP contribution in [0.2, 0.25) is 0 Å². The quantitative estimate of drug-likeness (QED) is 0.539. The summed E-state index contributed by atoms with van der Waals surface area (Å²) < 4.78 is 16.5. The van der Waals surface area contributed by atoms with E-state index in [1.807, 2.05) is 25.1 Å². The largest absolute Gasteiger partial charge is 0.490 e. The Kier molecular flexibility index (Phi) is 4.16. The Morgan fingerprint density at radius 3 is 3.03 bits per heavy atom. The first kappa shape index (κ1) is 17.3. The van der Waals surface area contributed by atoms with E-state index in [9.17, 15) is 4.79 Å². The van der Waals surface area contributed by atoms with Crippen molar-refractivity contribution in [2.45, 2.75) is 26.0 Å². The number of furan rings is 1. The zero-order valence-corrected chi connectivity index (χ0v) is 15.6. The van der Waals surface area contributed by atoms with Crippen LogP contribution in [0.5, 0.6) is 5.75 Å². The lowest BCUT2D eigenvalue weighted by atomic mass is 10.1. The molecule has 1 atom stereocenters. The number of carbonyl (C=O) groups excluding carboxylic acids is 1.